The second-order valence-corrected chi connectivity index (χ2v) is 7.30. The zero-order valence-corrected chi connectivity index (χ0v) is 20.0. The number of nitrogens with zero attached hydrogens (tertiary/aromatic N) is 1. The summed E-state index contributed by atoms with van der Waals surface area (Å²) in [6, 6.07) is 8.73. The number of halogens is 1. The van der Waals surface area contributed by atoms with Crippen LogP contribution in [0.25, 0.3) is 0 Å². The molecular formula is C22H38IN3O2. The summed E-state index contributed by atoms with van der Waals surface area (Å²) in [5.41, 5.74) is 2.56. The Morgan fingerprint density at radius 1 is 1.18 bits per heavy atom. The van der Waals surface area contributed by atoms with Gasteiger partial charge < -0.3 is 20.1 Å². The third-order valence-electron chi connectivity index (χ3n) is 5.01. The van der Waals surface area contributed by atoms with E-state index in [1.165, 1.54) is 24.0 Å². The van der Waals surface area contributed by atoms with Crippen molar-refractivity contribution in [2.45, 2.75) is 52.1 Å². The molecular weight excluding hydrogens is 465 g/mol. The van der Waals surface area contributed by atoms with Crippen molar-refractivity contribution in [3.05, 3.63) is 35.4 Å². The molecule has 1 fully saturated rings. The molecule has 0 radical (unpaired) electrons. The lowest BCUT2D eigenvalue weighted by atomic mass is 9.89. The standard InChI is InChI=1S/C22H37N3O2.HI/c1-4-5-14-26-15-7-13-24-22(23-3)25-17-20-8-6-16-27-21(20)19-11-9-18(2)10-12-19;/h9-12,20-21H,4-8,13-17H2,1-3H3,(H2,23,24,25);1H. The van der Waals surface area contributed by atoms with Crippen molar-refractivity contribution in [2.75, 3.05) is 40.0 Å². The van der Waals surface area contributed by atoms with Crippen LogP contribution in [0.5, 0.6) is 0 Å². The minimum absolute atomic E-state index is 0. The van der Waals surface area contributed by atoms with Crippen LogP contribution in [-0.2, 0) is 9.47 Å². The fraction of sp³-hybridized carbons (Fsp3) is 0.682. The van der Waals surface area contributed by atoms with E-state index < -0.39 is 0 Å². The quantitative estimate of drug-likeness (QED) is 0.214. The number of nitrogens with one attached hydrogen (secondary N) is 2. The van der Waals surface area contributed by atoms with Gasteiger partial charge in [-0.15, -0.1) is 24.0 Å². The highest BCUT2D eigenvalue weighted by atomic mass is 127. The van der Waals surface area contributed by atoms with Gasteiger partial charge in [-0.2, -0.15) is 0 Å². The minimum Gasteiger partial charge on any atom is -0.381 e. The first-order valence-electron chi connectivity index (χ1n) is 10.4. The summed E-state index contributed by atoms with van der Waals surface area (Å²) in [7, 11) is 1.82. The van der Waals surface area contributed by atoms with Crippen LogP contribution in [0, 0.1) is 12.8 Å². The highest BCUT2D eigenvalue weighted by molar-refractivity contribution is 14.0. The molecule has 0 amide bonds. The van der Waals surface area contributed by atoms with Crippen LogP contribution in [0.1, 0.15) is 56.3 Å². The van der Waals surface area contributed by atoms with E-state index in [-0.39, 0.29) is 30.1 Å². The Morgan fingerprint density at radius 2 is 1.93 bits per heavy atom. The lowest BCUT2D eigenvalue weighted by Crippen LogP contribution is -2.42. The van der Waals surface area contributed by atoms with E-state index in [1.807, 2.05) is 7.05 Å². The Hall–Kier alpha value is -0.860. The van der Waals surface area contributed by atoms with Gasteiger partial charge in [0.25, 0.3) is 0 Å². The highest BCUT2D eigenvalue weighted by Gasteiger charge is 2.27. The summed E-state index contributed by atoms with van der Waals surface area (Å²) in [5, 5.41) is 6.86. The molecule has 5 nitrogen and oxygen atoms in total. The Balaban J connectivity index is 0.00000392. The number of hydrogen-bond acceptors (Lipinski definition) is 3. The van der Waals surface area contributed by atoms with E-state index in [0.717, 1.165) is 58.1 Å². The molecule has 2 atom stereocenters. The molecule has 1 aromatic carbocycles. The minimum atomic E-state index is 0. The van der Waals surface area contributed by atoms with Crippen LogP contribution in [0.15, 0.2) is 29.3 Å². The van der Waals surface area contributed by atoms with Gasteiger partial charge in [0.05, 0.1) is 6.10 Å². The van der Waals surface area contributed by atoms with Crippen molar-refractivity contribution in [1.29, 1.82) is 0 Å². The van der Waals surface area contributed by atoms with Crippen molar-refractivity contribution in [2.24, 2.45) is 10.9 Å². The Bertz CT molecular complexity index is 551. The van der Waals surface area contributed by atoms with Crippen LogP contribution >= 0.6 is 24.0 Å². The summed E-state index contributed by atoms with van der Waals surface area (Å²) in [6.07, 6.45) is 5.77. The van der Waals surface area contributed by atoms with Gasteiger partial charge in [-0.25, -0.2) is 0 Å². The summed E-state index contributed by atoms with van der Waals surface area (Å²) in [5.74, 6) is 1.31. The van der Waals surface area contributed by atoms with Gasteiger partial charge in [-0.05, 0) is 38.2 Å². The third-order valence-corrected chi connectivity index (χ3v) is 5.01. The molecule has 0 spiro atoms. The predicted molar refractivity (Wildman–Crippen MR) is 128 cm³/mol. The second kappa shape index (κ2) is 15.0. The van der Waals surface area contributed by atoms with Crippen molar-refractivity contribution in [3.8, 4) is 0 Å². The van der Waals surface area contributed by atoms with Gasteiger partial charge >= 0.3 is 0 Å². The van der Waals surface area contributed by atoms with E-state index in [0.29, 0.717) is 5.92 Å². The first-order valence-corrected chi connectivity index (χ1v) is 10.4. The largest absolute Gasteiger partial charge is 0.381 e. The highest BCUT2D eigenvalue weighted by Crippen LogP contribution is 2.33. The summed E-state index contributed by atoms with van der Waals surface area (Å²) in [4.78, 5) is 4.34. The first-order chi connectivity index (χ1) is 13.2. The van der Waals surface area contributed by atoms with Crippen molar-refractivity contribution >= 4 is 29.9 Å². The van der Waals surface area contributed by atoms with Gasteiger partial charge in [0.15, 0.2) is 5.96 Å². The van der Waals surface area contributed by atoms with Crippen molar-refractivity contribution in [3.63, 3.8) is 0 Å². The molecule has 2 rings (SSSR count). The SMILES string of the molecule is CCCCOCCCNC(=NC)NCC1CCCOC1c1ccc(C)cc1.I. The predicted octanol–water partition coefficient (Wildman–Crippen LogP) is 4.45. The zero-order chi connectivity index (χ0) is 19.3. The van der Waals surface area contributed by atoms with Crippen LogP contribution < -0.4 is 10.6 Å². The molecule has 28 heavy (non-hydrogen) atoms. The summed E-state index contributed by atoms with van der Waals surface area (Å²) in [6.45, 7) is 8.55. The number of guanidine groups is 1. The maximum atomic E-state index is 6.11. The monoisotopic (exact) mass is 503 g/mol. The molecule has 2 unspecified atom stereocenters. The Morgan fingerprint density at radius 3 is 2.64 bits per heavy atom. The molecule has 0 bridgehead atoms. The van der Waals surface area contributed by atoms with E-state index in [9.17, 15) is 0 Å². The van der Waals surface area contributed by atoms with Gasteiger partial charge in [0.2, 0.25) is 0 Å². The molecule has 0 saturated carbocycles. The molecule has 2 N–H and O–H groups in total. The average Bonchev–Trinajstić information content (AvgIpc) is 2.70. The third kappa shape index (κ3) is 9.09. The van der Waals surface area contributed by atoms with Gasteiger partial charge in [0, 0.05) is 45.9 Å². The van der Waals surface area contributed by atoms with Crippen LogP contribution in [-0.4, -0.2) is 45.9 Å². The lowest BCUT2D eigenvalue weighted by molar-refractivity contribution is -0.0265. The lowest BCUT2D eigenvalue weighted by Gasteiger charge is -2.32. The molecule has 1 aromatic rings. The second-order valence-electron chi connectivity index (χ2n) is 7.30. The zero-order valence-electron chi connectivity index (χ0n) is 17.7. The van der Waals surface area contributed by atoms with Gasteiger partial charge in [-0.3, -0.25) is 4.99 Å². The fourth-order valence-corrected chi connectivity index (χ4v) is 3.35. The molecule has 1 heterocycles. The molecule has 6 heteroatoms. The van der Waals surface area contributed by atoms with Gasteiger partial charge in [-0.1, -0.05) is 43.2 Å². The maximum Gasteiger partial charge on any atom is 0.190 e. The Labute approximate surface area is 188 Å². The normalized spacial score (nSPS) is 19.8. The number of rotatable bonds is 10. The Kier molecular flexibility index (Phi) is 13.5. The summed E-state index contributed by atoms with van der Waals surface area (Å²) >= 11 is 0. The van der Waals surface area contributed by atoms with E-state index in [2.05, 4.69) is 53.7 Å². The van der Waals surface area contributed by atoms with E-state index in [4.69, 9.17) is 9.47 Å². The fourth-order valence-electron chi connectivity index (χ4n) is 3.35. The van der Waals surface area contributed by atoms with Crippen LogP contribution in [0.3, 0.4) is 0 Å². The maximum absolute atomic E-state index is 6.11. The number of benzene rings is 1. The van der Waals surface area contributed by atoms with Crippen LogP contribution in [0.4, 0.5) is 0 Å². The number of aliphatic imine (C=N–C) groups is 1. The molecule has 0 aromatic heterocycles. The topological polar surface area (TPSA) is 54.9 Å². The molecule has 1 aliphatic rings. The number of hydrogen-bond donors (Lipinski definition) is 2. The summed E-state index contributed by atoms with van der Waals surface area (Å²) < 4.78 is 11.7. The van der Waals surface area contributed by atoms with Crippen molar-refractivity contribution < 1.29 is 9.47 Å². The number of ether oxygens (including phenoxy) is 2. The molecule has 160 valence electrons. The molecule has 1 saturated heterocycles. The molecule has 1 aliphatic heterocycles. The van der Waals surface area contributed by atoms with E-state index in [1.54, 1.807) is 0 Å². The van der Waals surface area contributed by atoms with E-state index >= 15 is 0 Å². The van der Waals surface area contributed by atoms with Gasteiger partial charge in [0.1, 0.15) is 0 Å². The van der Waals surface area contributed by atoms with Crippen molar-refractivity contribution in [1.82, 2.24) is 10.6 Å². The number of aryl methyl sites for hydroxylation is 1. The van der Waals surface area contributed by atoms with Crippen LogP contribution in [0.2, 0.25) is 0 Å². The first kappa shape index (κ1) is 25.2. The molecule has 0 aliphatic carbocycles. The average molecular weight is 503 g/mol. The smallest absolute Gasteiger partial charge is 0.190 e. The number of unbranched alkanes of at least 4 members (excludes halogenated alkanes) is 1.